The van der Waals surface area contributed by atoms with Crippen molar-refractivity contribution in [2.45, 2.75) is 19.6 Å². The summed E-state index contributed by atoms with van der Waals surface area (Å²) in [5.41, 5.74) is 3.06. The number of nitrogens with zero attached hydrogens (tertiary/aromatic N) is 4. The first-order valence-electron chi connectivity index (χ1n) is 12.3. The van der Waals surface area contributed by atoms with Crippen LogP contribution in [0.3, 0.4) is 0 Å². The molecule has 1 saturated heterocycles. The van der Waals surface area contributed by atoms with Crippen LogP contribution >= 0.6 is 15.9 Å². The van der Waals surface area contributed by atoms with E-state index >= 15 is 0 Å². The van der Waals surface area contributed by atoms with Crippen molar-refractivity contribution in [1.29, 1.82) is 0 Å². The molecule has 1 aliphatic rings. The van der Waals surface area contributed by atoms with Crippen LogP contribution in [0.1, 0.15) is 24.3 Å². The minimum absolute atomic E-state index is 0.101. The number of nitrogens with one attached hydrogen (secondary N) is 1. The van der Waals surface area contributed by atoms with Crippen LogP contribution in [-0.4, -0.2) is 44.6 Å². The van der Waals surface area contributed by atoms with Crippen LogP contribution in [0.2, 0.25) is 0 Å². The molecule has 1 aromatic heterocycles. The van der Waals surface area contributed by atoms with Gasteiger partial charge in [0.2, 0.25) is 5.91 Å². The van der Waals surface area contributed by atoms with Crippen molar-refractivity contribution in [2.75, 3.05) is 18.5 Å². The third-order valence-electron chi connectivity index (χ3n) is 6.40. The Morgan fingerprint density at radius 1 is 1.18 bits per heavy atom. The van der Waals surface area contributed by atoms with Crippen LogP contribution in [0.25, 0.3) is 16.9 Å². The molecule has 3 aromatic carbocycles. The largest absolute Gasteiger partial charge is 0.344 e. The number of hydrogen-bond acceptors (Lipinski definition) is 6. The number of halogens is 2. The van der Waals surface area contributed by atoms with E-state index < -0.39 is 17.1 Å². The second-order valence-electron chi connectivity index (χ2n) is 9.15. The number of rotatable bonds is 8. The molecule has 5 rings (SSSR count). The molecule has 0 bridgehead atoms. The summed E-state index contributed by atoms with van der Waals surface area (Å²) < 4.78 is 22.2. The third kappa shape index (κ3) is 5.77. The maximum absolute atomic E-state index is 13.7. The number of amides is 2. The van der Waals surface area contributed by atoms with Crippen LogP contribution in [0.15, 0.2) is 77.4 Å². The van der Waals surface area contributed by atoms with Crippen LogP contribution in [0.4, 0.5) is 15.8 Å². The molecule has 0 aliphatic carbocycles. The summed E-state index contributed by atoms with van der Waals surface area (Å²) in [6, 6.07) is 18.0. The highest BCUT2D eigenvalue weighted by atomic mass is 79.9. The summed E-state index contributed by atoms with van der Waals surface area (Å²) >= 11 is 3.43. The van der Waals surface area contributed by atoms with E-state index in [0.29, 0.717) is 28.8 Å². The second kappa shape index (κ2) is 11.4. The van der Waals surface area contributed by atoms with Gasteiger partial charge in [-0.3, -0.25) is 19.7 Å². The van der Waals surface area contributed by atoms with E-state index in [9.17, 15) is 24.1 Å². The summed E-state index contributed by atoms with van der Waals surface area (Å²) in [7, 11) is 0. The summed E-state index contributed by atoms with van der Waals surface area (Å²) in [5.74, 6) is -1.04. The topological polar surface area (TPSA) is 120 Å². The molecule has 40 heavy (non-hydrogen) atoms. The minimum atomic E-state index is -0.773. The van der Waals surface area contributed by atoms with Gasteiger partial charge in [0.1, 0.15) is 23.8 Å². The Hall–Kier alpha value is -4.42. The van der Waals surface area contributed by atoms with E-state index in [0.717, 1.165) is 10.2 Å². The van der Waals surface area contributed by atoms with Gasteiger partial charge in [-0.05, 0) is 66.6 Å². The number of nitro groups is 1. The minimum Gasteiger partial charge on any atom is -0.344 e. The monoisotopic (exact) mass is 607 g/mol. The molecule has 12 heteroatoms. The van der Waals surface area contributed by atoms with E-state index in [1.54, 1.807) is 34.0 Å². The fourth-order valence-corrected chi connectivity index (χ4v) is 4.77. The van der Waals surface area contributed by atoms with Crippen molar-refractivity contribution in [3.05, 3.63) is 104 Å². The predicted octanol–water partition coefficient (Wildman–Crippen LogP) is 5.41. The number of anilines is 1. The molecule has 1 aliphatic heterocycles. The van der Waals surface area contributed by atoms with Crippen LogP contribution in [0, 0.1) is 15.9 Å². The van der Waals surface area contributed by atoms with E-state index in [-0.39, 0.29) is 36.3 Å². The van der Waals surface area contributed by atoms with Crippen molar-refractivity contribution < 1.29 is 23.6 Å². The number of carbonyl (C=O) groups excluding carboxylic acids is 2. The highest BCUT2D eigenvalue weighted by Crippen LogP contribution is 2.36. The van der Waals surface area contributed by atoms with Crippen molar-refractivity contribution in [3.8, 4) is 16.9 Å². The van der Waals surface area contributed by atoms with Gasteiger partial charge in [0.15, 0.2) is 6.23 Å². The van der Waals surface area contributed by atoms with E-state index in [1.807, 2.05) is 24.3 Å². The average Bonchev–Trinajstić information content (AvgIpc) is 3.52. The number of carbonyl (C=O) groups is 2. The molecule has 2 amide bonds. The number of aromatic nitrogens is 2. The Balaban J connectivity index is 1.46. The van der Waals surface area contributed by atoms with Crippen molar-refractivity contribution in [1.82, 2.24) is 14.7 Å². The predicted molar refractivity (Wildman–Crippen MR) is 148 cm³/mol. The number of nitro benzene ring substituents is 1. The van der Waals surface area contributed by atoms with Gasteiger partial charge < -0.3 is 15.0 Å². The van der Waals surface area contributed by atoms with Crippen molar-refractivity contribution in [3.63, 3.8) is 0 Å². The first-order chi connectivity index (χ1) is 19.2. The maximum atomic E-state index is 13.7. The molecule has 204 valence electrons. The molecule has 1 N–H and O–H groups in total. The molecule has 1 fully saturated rings. The number of hydrogen-bond donors (Lipinski definition) is 1. The average molecular weight is 608 g/mol. The van der Waals surface area contributed by atoms with Gasteiger partial charge in [0.25, 0.3) is 11.6 Å². The quantitative estimate of drug-likeness (QED) is 0.211. The molecular weight excluding hydrogens is 585 g/mol. The fraction of sp³-hybridized carbons (Fsp3) is 0.179. The second-order valence-corrected chi connectivity index (χ2v) is 10.1. The Morgan fingerprint density at radius 2 is 1.90 bits per heavy atom. The molecule has 0 saturated carbocycles. The van der Waals surface area contributed by atoms with E-state index in [2.05, 4.69) is 21.2 Å². The first kappa shape index (κ1) is 27.2. The van der Waals surface area contributed by atoms with Gasteiger partial charge in [-0.2, -0.15) is 5.10 Å². The highest BCUT2D eigenvalue weighted by molar-refractivity contribution is 9.10. The Kier molecular flexibility index (Phi) is 7.71. The van der Waals surface area contributed by atoms with Crippen molar-refractivity contribution in [2.24, 2.45) is 0 Å². The molecule has 1 atom stereocenters. The fourth-order valence-electron chi connectivity index (χ4n) is 4.51. The zero-order chi connectivity index (χ0) is 28.4. The molecule has 0 spiro atoms. The molecular formula is C28H23BrFN5O5. The number of benzene rings is 3. The zero-order valence-corrected chi connectivity index (χ0v) is 22.8. The summed E-state index contributed by atoms with van der Waals surface area (Å²) in [6.45, 7) is 1.35. The van der Waals surface area contributed by atoms with Gasteiger partial charge in [-0.25, -0.2) is 9.07 Å². The van der Waals surface area contributed by atoms with Gasteiger partial charge in [0.05, 0.1) is 10.6 Å². The summed E-state index contributed by atoms with van der Waals surface area (Å²) in [6.07, 6.45) is 1.32. The lowest BCUT2D eigenvalue weighted by Crippen LogP contribution is -2.30. The lowest BCUT2D eigenvalue weighted by atomic mass is 10.1. The van der Waals surface area contributed by atoms with Crippen LogP contribution < -0.4 is 5.32 Å². The molecule has 0 radical (unpaired) electrons. The van der Waals surface area contributed by atoms with E-state index in [4.69, 9.17) is 9.84 Å². The maximum Gasteiger partial charge on any atom is 0.293 e. The molecule has 2 heterocycles. The Bertz CT molecular complexity index is 1590. The lowest BCUT2D eigenvalue weighted by molar-refractivity contribution is -0.384. The van der Waals surface area contributed by atoms with Gasteiger partial charge >= 0.3 is 0 Å². The molecule has 10 nitrogen and oxygen atoms in total. The Labute approximate surface area is 236 Å². The summed E-state index contributed by atoms with van der Waals surface area (Å²) in [5, 5.41) is 18.8. The van der Waals surface area contributed by atoms with E-state index in [1.165, 1.54) is 31.2 Å². The lowest BCUT2D eigenvalue weighted by Gasteiger charge is -2.23. The first-order valence-corrected chi connectivity index (χ1v) is 13.1. The number of ether oxygens (including phenoxy) is 1. The van der Waals surface area contributed by atoms with Gasteiger partial charge in [-0.15, -0.1) is 0 Å². The van der Waals surface area contributed by atoms with Crippen LogP contribution in [0.5, 0.6) is 0 Å². The smallest absolute Gasteiger partial charge is 0.293 e. The molecule has 1 unspecified atom stereocenters. The third-order valence-corrected chi connectivity index (χ3v) is 6.93. The zero-order valence-electron chi connectivity index (χ0n) is 21.2. The normalized spacial score (nSPS) is 14.9. The summed E-state index contributed by atoms with van der Waals surface area (Å²) in [4.78, 5) is 36.9. The Morgan fingerprint density at radius 3 is 2.58 bits per heavy atom. The van der Waals surface area contributed by atoms with Gasteiger partial charge in [-0.1, -0.05) is 22.0 Å². The molecule has 4 aromatic rings. The van der Waals surface area contributed by atoms with Crippen molar-refractivity contribution >= 4 is 39.1 Å². The van der Waals surface area contributed by atoms with Crippen LogP contribution in [-0.2, 0) is 20.7 Å². The van der Waals surface area contributed by atoms with Gasteiger partial charge in [0, 0.05) is 41.3 Å². The SMILES string of the molecule is CC(=O)Nc1ccc(CCN2C(=O)COC2c2cn(-c3ccc(Br)cc3)nc2-c2ccc(F)cc2)cc1[N+](=O)[O-]. The highest BCUT2D eigenvalue weighted by Gasteiger charge is 2.36. The standard InChI is InChI=1S/C28H23BrFN5O5/c1-17(36)31-24-11-2-18(14-25(24)35(38)39)12-13-33-26(37)16-40-28(33)23-15-34(22-9-5-20(29)6-10-22)32-27(23)19-3-7-21(30)8-4-19/h2-11,14-15,28H,12-13,16H2,1H3,(H,31,36).